The van der Waals surface area contributed by atoms with Gasteiger partial charge < -0.3 is 9.73 Å². The Bertz CT molecular complexity index is 664. The van der Waals surface area contributed by atoms with E-state index in [1.165, 1.54) is 12.5 Å². The van der Waals surface area contributed by atoms with E-state index in [9.17, 15) is 9.59 Å². The van der Waals surface area contributed by atoms with Crippen molar-refractivity contribution in [2.24, 2.45) is 11.0 Å². The normalized spacial score (nSPS) is 12.3. The summed E-state index contributed by atoms with van der Waals surface area (Å²) in [5, 5.41) is 6.56. The molecule has 2 rings (SSSR count). The predicted octanol–water partition coefficient (Wildman–Crippen LogP) is 2.18. The fourth-order valence-corrected chi connectivity index (χ4v) is 1.94. The lowest BCUT2D eigenvalue weighted by atomic mass is 10.0. The van der Waals surface area contributed by atoms with Gasteiger partial charge in [-0.1, -0.05) is 32.0 Å². The van der Waals surface area contributed by atoms with E-state index in [-0.39, 0.29) is 17.7 Å². The van der Waals surface area contributed by atoms with E-state index < -0.39 is 6.04 Å². The highest BCUT2D eigenvalue weighted by atomic mass is 16.3. The average Bonchev–Trinajstić information content (AvgIpc) is 3.06. The van der Waals surface area contributed by atoms with Crippen LogP contribution >= 0.6 is 0 Å². The zero-order valence-corrected chi connectivity index (χ0v) is 13.0. The summed E-state index contributed by atoms with van der Waals surface area (Å²) in [5.41, 5.74) is 2.92. The molecule has 2 aromatic rings. The van der Waals surface area contributed by atoms with Crippen LogP contribution in [0.25, 0.3) is 0 Å². The SMILES string of the molecule is CC(C)[C@@H](NC(=O)c1ccccc1)C(=O)NN=Cc1ccco1. The molecular formula is C17H19N3O3. The molecular weight excluding hydrogens is 294 g/mol. The molecule has 0 unspecified atom stereocenters. The third-order valence-electron chi connectivity index (χ3n) is 3.18. The number of nitrogens with zero attached hydrogens (tertiary/aromatic N) is 1. The molecule has 0 fully saturated rings. The fourth-order valence-electron chi connectivity index (χ4n) is 1.94. The van der Waals surface area contributed by atoms with Gasteiger partial charge in [0.1, 0.15) is 11.8 Å². The maximum atomic E-state index is 12.2. The molecule has 1 heterocycles. The molecule has 0 aliphatic rings. The summed E-state index contributed by atoms with van der Waals surface area (Å²) in [6.45, 7) is 3.71. The van der Waals surface area contributed by atoms with Crippen LogP contribution in [0.15, 0.2) is 58.2 Å². The number of hydrogen-bond acceptors (Lipinski definition) is 4. The van der Waals surface area contributed by atoms with Crippen LogP contribution in [0.5, 0.6) is 0 Å². The highest BCUT2D eigenvalue weighted by Crippen LogP contribution is 2.05. The monoisotopic (exact) mass is 313 g/mol. The van der Waals surface area contributed by atoms with Crippen molar-refractivity contribution in [1.82, 2.24) is 10.7 Å². The minimum absolute atomic E-state index is 0.0820. The number of rotatable bonds is 6. The molecule has 23 heavy (non-hydrogen) atoms. The Morgan fingerprint density at radius 1 is 1.13 bits per heavy atom. The lowest BCUT2D eigenvalue weighted by Gasteiger charge is -2.20. The Labute approximate surface area is 134 Å². The van der Waals surface area contributed by atoms with Gasteiger partial charge in [0.05, 0.1) is 12.5 Å². The standard InChI is InChI=1S/C17H19N3O3/c1-12(2)15(19-16(21)13-7-4-3-5-8-13)17(22)20-18-11-14-9-6-10-23-14/h3-12,15H,1-2H3,(H,19,21)(H,20,22)/t15-/m1/s1. The Balaban J connectivity index is 1.97. The van der Waals surface area contributed by atoms with E-state index >= 15 is 0 Å². The second kappa shape index (κ2) is 7.93. The van der Waals surface area contributed by atoms with Gasteiger partial charge in [-0.15, -0.1) is 0 Å². The van der Waals surface area contributed by atoms with Crippen molar-refractivity contribution in [3.63, 3.8) is 0 Å². The summed E-state index contributed by atoms with van der Waals surface area (Å²) in [7, 11) is 0. The molecule has 0 saturated heterocycles. The van der Waals surface area contributed by atoms with Crippen LogP contribution in [0.1, 0.15) is 30.0 Å². The van der Waals surface area contributed by atoms with E-state index in [2.05, 4.69) is 15.8 Å². The molecule has 0 aliphatic heterocycles. The van der Waals surface area contributed by atoms with Gasteiger partial charge >= 0.3 is 0 Å². The molecule has 0 saturated carbocycles. The van der Waals surface area contributed by atoms with Crippen LogP contribution in [0.2, 0.25) is 0 Å². The first-order valence-corrected chi connectivity index (χ1v) is 7.30. The first-order valence-electron chi connectivity index (χ1n) is 7.30. The van der Waals surface area contributed by atoms with Crippen molar-refractivity contribution in [3.8, 4) is 0 Å². The number of benzene rings is 1. The van der Waals surface area contributed by atoms with Crippen LogP contribution in [0.3, 0.4) is 0 Å². The smallest absolute Gasteiger partial charge is 0.262 e. The van der Waals surface area contributed by atoms with Crippen molar-refractivity contribution in [2.45, 2.75) is 19.9 Å². The topological polar surface area (TPSA) is 83.7 Å². The van der Waals surface area contributed by atoms with Crippen LogP contribution in [-0.2, 0) is 4.79 Å². The van der Waals surface area contributed by atoms with Crippen LogP contribution in [-0.4, -0.2) is 24.1 Å². The highest BCUT2D eigenvalue weighted by molar-refractivity contribution is 5.97. The first-order chi connectivity index (χ1) is 11.1. The van der Waals surface area contributed by atoms with Crippen molar-refractivity contribution >= 4 is 18.0 Å². The summed E-state index contributed by atoms with van der Waals surface area (Å²) in [6.07, 6.45) is 2.91. The summed E-state index contributed by atoms with van der Waals surface area (Å²) in [5.74, 6) is -0.234. The summed E-state index contributed by atoms with van der Waals surface area (Å²) >= 11 is 0. The first kappa shape index (κ1) is 16.5. The average molecular weight is 313 g/mol. The van der Waals surface area contributed by atoms with Crippen LogP contribution in [0, 0.1) is 5.92 Å². The number of carbonyl (C=O) groups is 2. The molecule has 6 nitrogen and oxygen atoms in total. The predicted molar refractivity (Wildman–Crippen MR) is 87.0 cm³/mol. The Morgan fingerprint density at radius 3 is 2.48 bits per heavy atom. The van der Waals surface area contributed by atoms with Gasteiger partial charge in [0.15, 0.2) is 0 Å². The molecule has 1 aromatic heterocycles. The zero-order chi connectivity index (χ0) is 16.7. The zero-order valence-electron chi connectivity index (χ0n) is 13.0. The molecule has 1 aromatic carbocycles. The molecule has 2 amide bonds. The fraction of sp³-hybridized carbons (Fsp3) is 0.235. The van der Waals surface area contributed by atoms with Gasteiger partial charge in [0, 0.05) is 5.56 Å². The van der Waals surface area contributed by atoms with Crippen LogP contribution in [0.4, 0.5) is 0 Å². The third-order valence-corrected chi connectivity index (χ3v) is 3.18. The maximum Gasteiger partial charge on any atom is 0.262 e. The van der Waals surface area contributed by atoms with E-state index in [1.807, 2.05) is 19.9 Å². The molecule has 0 bridgehead atoms. The van der Waals surface area contributed by atoms with E-state index in [4.69, 9.17) is 4.42 Å². The van der Waals surface area contributed by atoms with Gasteiger partial charge in [-0.25, -0.2) is 5.43 Å². The van der Waals surface area contributed by atoms with Crippen LogP contribution < -0.4 is 10.7 Å². The third kappa shape index (κ3) is 4.81. The second-order valence-electron chi connectivity index (χ2n) is 5.31. The summed E-state index contributed by atoms with van der Waals surface area (Å²) in [6, 6.07) is 11.5. The summed E-state index contributed by atoms with van der Waals surface area (Å²) < 4.78 is 5.08. The highest BCUT2D eigenvalue weighted by Gasteiger charge is 2.24. The quantitative estimate of drug-likeness (QED) is 0.633. The van der Waals surface area contributed by atoms with Crippen molar-refractivity contribution in [3.05, 3.63) is 60.1 Å². The van der Waals surface area contributed by atoms with Crippen molar-refractivity contribution in [2.75, 3.05) is 0 Å². The minimum Gasteiger partial charge on any atom is -0.463 e. The molecule has 120 valence electrons. The van der Waals surface area contributed by atoms with Gasteiger partial charge in [0.2, 0.25) is 0 Å². The lowest BCUT2D eigenvalue weighted by molar-refractivity contribution is -0.123. The van der Waals surface area contributed by atoms with Gasteiger partial charge in [-0.05, 0) is 30.2 Å². The number of furan rings is 1. The Morgan fingerprint density at radius 2 is 1.87 bits per heavy atom. The molecule has 0 radical (unpaired) electrons. The lowest BCUT2D eigenvalue weighted by Crippen LogP contribution is -2.48. The van der Waals surface area contributed by atoms with Gasteiger partial charge in [-0.3, -0.25) is 9.59 Å². The van der Waals surface area contributed by atoms with Gasteiger partial charge in [-0.2, -0.15) is 5.10 Å². The number of hydrogen-bond donors (Lipinski definition) is 2. The molecule has 1 atom stereocenters. The van der Waals surface area contributed by atoms with E-state index in [0.29, 0.717) is 11.3 Å². The molecule has 2 N–H and O–H groups in total. The molecule has 0 spiro atoms. The number of amides is 2. The van der Waals surface area contributed by atoms with E-state index in [1.54, 1.807) is 36.4 Å². The van der Waals surface area contributed by atoms with Crippen molar-refractivity contribution < 1.29 is 14.0 Å². The largest absolute Gasteiger partial charge is 0.463 e. The maximum absolute atomic E-state index is 12.2. The minimum atomic E-state index is -0.684. The summed E-state index contributed by atoms with van der Waals surface area (Å²) in [4.78, 5) is 24.4. The number of carbonyl (C=O) groups excluding carboxylic acids is 2. The Hall–Kier alpha value is -2.89. The number of hydrazone groups is 1. The molecule has 0 aliphatic carbocycles. The van der Waals surface area contributed by atoms with E-state index in [0.717, 1.165) is 0 Å². The Kier molecular flexibility index (Phi) is 5.68. The van der Waals surface area contributed by atoms with Crippen molar-refractivity contribution in [1.29, 1.82) is 0 Å². The second-order valence-corrected chi connectivity index (χ2v) is 5.31. The number of nitrogens with one attached hydrogen (secondary N) is 2. The van der Waals surface area contributed by atoms with Gasteiger partial charge in [0.25, 0.3) is 11.8 Å². The molecule has 6 heteroatoms.